The van der Waals surface area contributed by atoms with Crippen LogP contribution in [0.3, 0.4) is 0 Å². The van der Waals surface area contributed by atoms with E-state index >= 15 is 0 Å². The van der Waals surface area contributed by atoms with Crippen molar-refractivity contribution in [2.24, 2.45) is 11.3 Å². The first-order chi connectivity index (χ1) is 16.8. The van der Waals surface area contributed by atoms with Crippen LogP contribution in [0, 0.1) is 11.3 Å². The molecule has 1 N–H and O–H groups in total. The number of carbonyl (C=O) groups is 2. The van der Waals surface area contributed by atoms with E-state index in [0.717, 1.165) is 61.4 Å². The Labute approximate surface area is 209 Å². The van der Waals surface area contributed by atoms with Crippen LogP contribution in [0.5, 0.6) is 0 Å². The van der Waals surface area contributed by atoms with Gasteiger partial charge in [-0.25, -0.2) is 0 Å². The number of Topliss-reactive ketones (excluding diaryl/α,β-unsaturated/α-hetero) is 1. The summed E-state index contributed by atoms with van der Waals surface area (Å²) in [5.41, 5.74) is 5.14. The molecule has 2 aromatic carbocycles. The van der Waals surface area contributed by atoms with Gasteiger partial charge in [0.05, 0.1) is 24.0 Å². The topological polar surface area (TPSA) is 52.7 Å². The van der Waals surface area contributed by atoms with Crippen molar-refractivity contribution in [3.8, 4) is 0 Å². The zero-order valence-corrected chi connectivity index (χ0v) is 21.2. The summed E-state index contributed by atoms with van der Waals surface area (Å²) in [5.74, 6) is 0.972. The average Bonchev–Trinajstić information content (AvgIpc) is 2.93. The van der Waals surface area contributed by atoms with E-state index in [1.807, 2.05) is 17.0 Å². The second-order valence-corrected chi connectivity index (χ2v) is 11.3. The number of likely N-dealkylation sites (tertiary alicyclic amines) is 1. The molecule has 0 bridgehead atoms. The molecule has 1 atom stereocenters. The van der Waals surface area contributed by atoms with E-state index in [-0.39, 0.29) is 29.7 Å². The number of allylic oxidation sites excluding steroid dienone is 1. The zero-order chi connectivity index (χ0) is 24.6. The van der Waals surface area contributed by atoms with Gasteiger partial charge in [-0.05, 0) is 61.6 Å². The smallest absolute Gasteiger partial charge is 0.242 e. The van der Waals surface area contributed by atoms with Crippen molar-refractivity contribution in [3.63, 3.8) is 0 Å². The van der Waals surface area contributed by atoms with Gasteiger partial charge >= 0.3 is 0 Å². The van der Waals surface area contributed by atoms with E-state index in [1.165, 1.54) is 5.56 Å². The maximum absolute atomic E-state index is 13.5. The summed E-state index contributed by atoms with van der Waals surface area (Å²) in [6.45, 7) is 8.28. The van der Waals surface area contributed by atoms with Crippen LogP contribution >= 0.6 is 0 Å². The van der Waals surface area contributed by atoms with Gasteiger partial charge in [0.25, 0.3) is 0 Å². The summed E-state index contributed by atoms with van der Waals surface area (Å²) < 4.78 is 0. The summed E-state index contributed by atoms with van der Waals surface area (Å²) in [7, 11) is 0. The van der Waals surface area contributed by atoms with Crippen molar-refractivity contribution >= 4 is 23.1 Å². The highest BCUT2D eigenvalue weighted by Crippen LogP contribution is 2.43. The average molecular weight is 472 g/mol. The van der Waals surface area contributed by atoms with E-state index < -0.39 is 0 Å². The van der Waals surface area contributed by atoms with Gasteiger partial charge in [-0.2, -0.15) is 0 Å². The lowest BCUT2D eigenvalue weighted by Gasteiger charge is -2.38. The minimum Gasteiger partial charge on any atom is -0.357 e. The van der Waals surface area contributed by atoms with Crippen molar-refractivity contribution in [2.75, 3.05) is 29.9 Å². The molecule has 0 saturated carbocycles. The Balaban J connectivity index is 1.31. The first kappa shape index (κ1) is 23.7. The fourth-order valence-corrected chi connectivity index (χ4v) is 6.09. The number of benzene rings is 2. The number of carbonyl (C=O) groups excluding carboxylic acids is 2. The number of nitrogens with zero attached hydrogens (tertiary/aromatic N) is 2. The molecule has 1 fully saturated rings. The van der Waals surface area contributed by atoms with Crippen LogP contribution < -0.4 is 10.2 Å². The molecule has 2 heterocycles. The van der Waals surface area contributed by atoms with Gasteiger partial charge in [-0.1, -0.05) is 56.3 Å². The largest absolute Gasteiger partial charge is 0.357 e. The predicted octanol–water partition coefficient (Wildman–Crippen LogP) is 5.43. The fourth-order valence-electron chi connectivity index (χ4n) is 6.09. The molecule has 1 aliphatic carbocycles. The molecule has 0 unspecified atom stereocenters. The molecule has 0 radical (unpaired) electrons. The second-order valence-electron chi connectivity index (χ2n) is 11.3. The first-order valence-electron chi connectivity index (χ1n) is 13.0. The Kier molecular flexibility index (Phi) is 6.43. The highest BCUT2D eigenvalue weighted by molar-refractivity contribution is 6.01. The second kappa shape index (κ2) is 9.52. The van der Waals surface area contributed by atoms with Crippen LogP contribution in [0.2, 0.25) is 0 Å². The van der Waals surface area contributed by atoms with E-state index in [4.69, 9.17) is 0 Å². The van der Waals surface area contributed by atoms with Crippen LogP contribution in [-0.2, 0) is 16.0 Å². The zero-order valence-electron chi connectivity index (χ0n) is 21.2. The van der Waals surface area contributed by atoms with Crippen molar-refractivity contribution in [3.05, 3.63) is 71.4 Å². The minimum atomic E-state index is -0.149. The van der Waals surface area contributed by atoms with Gasteiger partial charge in [-0.15, -0.1) is 0 Å². The third kappa shape index (κ3) is 5.00. The van der Waals surface area contributed by atoms with Crippen LogP contribution in [0.15, 0.2) is 65.9 Å². The predicted molar refractivity (Wildman–Crippen MR) is 141 cm³/mol. The van der Waals surface area contributed by atoms with E-state index in [1.54, 1.807) is 0 Å². The lowest BCUT2D eigenvalue weighted by atomic mass is 9.74. The summed E-state index contributed by atoms with van der Waals surface area (Å²) in [4.78, 5) is 30.9. The minimum absolute atomic E-state index is 0.0628. The molecule has 2 aromatic rings. The SMILES string of the molecule is C[C@@H]1C2=C(CC(C)(C)CC2=O)Nc2ccccc2N1CC(=O)N1CCC(Cc2ccccc2)CC1. The summed E-state index contributed by atoms with van der Waals surface area (Å²) >= 11 is 0. The summed E-state index contributed by atoms with van der Waals surface area (Å²) in [6.07, 6.45) is 4.54. The number of para-hydroxylation sites is 2. The highest BCUT2D eigenvalue weighted by atomic mass is 16.2. The molecule has 5 nitrogen and oxygen atoms in total. The molecular formula is C30H37N3O2. The number of amides is 1. The Hall–Kier alpha value is -3.08. The normalized spacial score (nSPS) is 22.3. The lowest BCUT2D eigenvalue weighted by Crippen LogP contribution is -2.48. The summed E-state index contributed by atoms with van der Waals surface area (Å²) in [6, 6.07) is 18.6. The standard InChI is InChI=1S/C30H37N3O2/c1-21-29-25(18-30(2,3)19-27(29)34)31-24-11-7-8-12-26(24)33(21)20-28(35)32-15-13-23(14-16-32)17-22-9-5-4-6-10-22/h4-12,21,23,31H,13-20H2,1-3H3/t21-/m1/s1. The number of rotatable bonds is 4. The van der Waals surface area contributed by atoms with Crippen LogP contribution in [0.4, 0.5) is 11.4 Å². The quantitative estimate of drug-likeness (QED) is 0.646. The van der Waals surface area contributed by atoms with Gasteiger partial charge < -0.3 is 15.1 Å². The summed E-state index contributed by atoms with van der Waals surface area (Å²) in [5, 5.41) is 3.58. The van der Waals surface area contributed by atoms with Gasteiger partial charge in [0.1, 0.15) is 0 Å². The van der Waals surface area contributed by atoms with Crippen molar-refractivity contribution in [1.82, 2.24) is 4.90 Å². The third-order valence-corrected chi connectivity index (χ3v) is 7.94. The fraction of sp³-hybridized carbons (Fsp3) is 0.467. The van der Waals surface area contributed by atoms with E-state index in [2.05, 4.69) is 73.5 Å². The van der Waals surface area contributed by atoms with E-state index in [9.17, 15) is 9.59 Å². The van der Waals surface area contributed by atoms with Gasteiger partial charge in [0.2, 0.25) is 5.91 Å². The number of hydrogen-bond acceptors (Lipinski definition) is 4. The molecule has 1 saturated heterocycles. The van der Waals surface area contributed by atoms with Crippen molar-refractivity contribution in [2.45, 2.75) is 58.9 Å². The monoisotopic (exact) mass is 471 g/mol. The first-order valence-corrected chi connectivity index (χ1v) is 13.0. The number of fused-ring (bicyclic) bond motifs is 1. The van der Waals surface area contributed by atoms with Gasteiger partial charge in [0, 0.05) is 30.8 Å². The molecule has 0 spiro atoms. The van der Waals surface area contributed by atoms with Crippen molar-refractivity contribution < 1.29 is 9.59 Å². The molecule has 184 valence electrons. The molecule has 5 rings (SSSR count). The Morgan fingerprint density at radius 1 is 1.00 bits per heavy atom. The van der Waals surface area contributed by atoms with Crippen LogP contribution in [0.25, 0.3) is 0 Å². The molecule has 5 heteroatoms. The Morgan fingerprint density at radius 3 is 2.43 bits per heavy atom. The maximum Gasteiger partial charge on any atom is 0.242 e. The number of hydrogen-bond donors (Lipinski definition) is 1. The molecule has 1 amide bonds. The third-order valence-electron chi connectivity index (χ3n) is 7.94. The molecule has 2 aliphatic heterocycles. The van der Waals surface area contributed by atoms with Gasteiger partial charge in [-0.3, -0.25) is 9.59 Å². The molecule has 35 heavy (non-hydrogen) atoms. The highest BCUT2D eigenvalue weighted by Gasteiger charge is 2.39. The van der Waals surface area contributed by atoms with Gasteiger partial charge in [0.15, 0.2) is 5.78 Å². The number of ketones is 1. The van der Waals surface area contributed by atoms with E-state index in [0.29, 0.717) is 12.3 Å². The molecule has 3 aliphatic rings. The molecule has 0 aromatic heterocycles. The van der Waals surface area contributed by atoms with Crippen LogP contribution in [0.1, 0.15) is 52.0 Å². The Bertz CT molecular complexity index is 1130. The Morgan fingerprint density at radius 2 is 1.69 bits per heavy atom. The lowest BCUT2D eigenvalue weighted by molar-refractivity contribution is -0.131. The number of anilines is 2. The molecular weight excluding hydrogens is 434 g/mol. The van der Waals surface area contributed by atoms with Crippen LogP contribution in [-0.4, -0.2) is 42.3 Å². The number of nitrogens with one attached hydrogen (secondary N) is 1. The number of piperidine rings is 1. The maximum atomic E-state index is 13.5. The van der Waals surface area contributed by atoms with Crippen molar-refractivity contribution in [1.29, 1.82) is 0 Å².